The number of alkyl halides is 2. The normalized spacial score (nSPS) is 15.6. The van der Waals surface area contributed by atoms with Crippen LogP contribution in [0.5, 0.6) is 0 Å². The van der Waals surface area contributed by atoms with Gasteiger partial charge in [-0.05, 0) is 41.5 Å². The maximum Gasteiger partial charge on any atom is 0.288 e. The van der Waals surface area contributed by atoms with Crippen molar-refractivity contribution in [3.05, 3.63) is 65.9 Å². The molecule has 0 radical (unpaired) electrons. The summed E-state index contributed by atoms with van der Waals surface area (Å²) in [4.78, 5) is 26.5. The molecule has 2 aromatic carbocycles. The number of hydrogen-bond acceptors (Lipinski definition) is 3. The number of amides is 2. The van der Waals surface area contributed by atoms with Crippen molar-refractivity contribution in [1.82, 2.24) is 4.90 Å². The lowest BCUT2D eigenvalue weighted by Gasteiger charge is -2.32. The van der Waals surface area contributed by atoms with Gasteiger partial charge >= 0.3 is 0 Å². The number of benzene rings is 2. The molecule has 27 heavy (non-hydrogen) atoms. The van der Waals surface area contributed by atoms with E-state index in [1.54, 1.807) is 23.2 Å². The van der Waals surface area contributed by atoms with E-state index < -0.39 is 11.8 Å². The van der Waals surface area contributed by atoms with Gasteiger partial charge < -0.3 is 10.2 Å². The zero-order valence-corrected chi connectivity index (χ0v) is 15.4. The number of nitrogens with one attached hydrogen (secondary N) is 1. The lowest BCUT2D eigenvalue weighted by Crippen LogP contribution is -2.33. The van der Waals surface area contributed by atoms with Crippen LogP contribution in [-0.4, -0.2) is 22.5 Å². The Kier molecular flexibility index (Phi) is 5.91. The summed E-state index contributed by atoms with van der Waals surface area (Å²) in [6, 6.07) is 13.5. The van der Waals surface area contributed by atoms with E-state index in [1.165, 1.54) is 19.1 Å². The number of nitrogens with zero attached hydrogens (tertiary/aromatic N) is 1. The highest BCUT2D eigenvalue weighted by molar-refractivity contribution is 7.99. The first kappa shape index (κ1) is 19.1. The summed E-state index contributed by atoms with van der Waals surface area (Å²) < 4.78 is 24.7. The van der Waals surface area contributed by atoms with Crippen molar-refractivity contribution < 1.29 is 18.4 Å². The second kappa shape index (κ2) is 8.35. The Morgan fingerprint density at radius 3 is 2.52 bits per heavy atom. The van der Waals surface area contributed by atoms with Gasteiger partial charge in [0.15, 0.2) is 0 Å². The first-order chi connectivity index (χ1) is 12.9. The Balaban J connectivity index is 1.72. The highest BCUT2D eigenvalue weighted by Gasteiger charge is 2.28. The molecule has 0 bridgehead atoms. The maximum absolute atomic E-state index is 12.5. The molecule has 140 valence electrons. The van der Waals surface area contributed by atoms with E-state index in [-0.39, 0.29) is 18.2 Å². The van der Waals surface area contributed by atoms with Crippen LogP contribution in [0.1, 0.15) is 30.5 Å². The average molecular weight is 388 g/mol. The van der Waals surface area contributed by atoms with Gasteiger partial charge in [0.05, 0.1) is 12.5 Å². The third-order valence-corrected chi connectivity index (χ3v) is 4.93. The molecule has 0 aliphatic carbocycles. The molecule has 1 unspecified atom stereocenters. The van der Waals surface area contributed by atoms with E-state index in [4.69, 9.17) is 0 Å². The Morgan fingerprint density at radius 2 is 1.85 bits per heavy atom. The Labute approximate surface area is 160 Å². The van der Waals surface area contributed by atoms with Crippen molar-refractivity contribution in [1.29, 1.82) is 0 Å². The molecule has 0 saturated heterocycles. The monoisotopic (exact) mass is 388 g/mol. The predicted octanol–water partition coefficient (Wildman–Crippen LogP) is 4.90. The summed E-state index contributed by atoms with van der Waals surface area (Å²) >= 11 is 0.452. The van der Waals surface area contributed by atoms with Gasteiger partial charge in [0.25, 0.3) is 5.76 Å². The minimum Gasteiger partial charge on any atom is -0.326 e. The molecule has 0 saturated carbocycles. The number of rotatable bonds is 5. The summed E-state index contributed by atoms with van der Waals surface area (Å²) in [5.41, 5.74) is 2.41. The van der Waals surface area contributed by atoms with Crippen molar-refractivity contribution in [2.45, 2.75) is 30.0 Å². The summed E-state index contributed by atoms with van der Waals surface area (Å²) in [6.45, 7) is 1.46. The summed E-state index contributed by atoms with van der Waals surface area (Å²) in [5.74, 6) is -2.89. The molecule has 7 heteroatoms. The number of thioether (sulfide) groups is 1. The standard InChI is InChI=1S/C20H18F2N2O2S/c1-13(25)24-11-10-14-4-2-3-5-17(14)18(24)12-19(26)23-15-6-8-16(9-7-15)27-20(21)22/h2-11,18,20H,12H2,1H3,(H,23,26). The van der Waals surface area contributed by atoms with Crippen LogP contribution in [0.4, 0.5) is 14.5 Å². The van der Waals surface area contributed by atoms with E-state index in [9.17, 15) is 18.4 Å². The largest absolute Gasteiger partial charge is 0.326 e. The summed E-state index contributed by atoms with van der Waals surface area (Å²) in [5, 5.41) is 2.76. The lowest BCUT2D eigenvalue weighted by atomic mass is 9.93. The fraction of sp³-hybridized carbons (Fsp3) is 0.200. The van der Waals surface area contributed by atoms with E-state index in [2.05, 4.69) is 5.32 Å². The predicted molar refractivity (Wildman–Crippen MR) is 102 cm³/mol. The zero-order chi connectivity index (χ0) is 19.4. The SMILES string of the molecule is CC(=O)N1C=Cc2ccccc2C1CC(=O)Nc1ccc(SC(F)F)cc1. The van der Waals surface area contributed by atoms with Crippen molar-refractivity contribution >= 4 is 35.3 Å². The van der Waals surface area contributed by atoms with Gasteiger partial charge in [-0.1, -0.05) is 36.0 Å². The number of carbonyl (C=O) groups is 2. The van der Waals surface area contributed by atoms with Crippen LogP contribution < -0.4 is 5.32 Å². The molecule has 0 aromatic heterocycles. The molecule has 1 aliphatic rings. The molecule has 0 fully saturated rings. The van der Waals surface area contributed by atoms with Crippen LogP contribution in [0.2, 0.25) is 0 Å². The van der Waals surface area contributed by atoms with Crippen molar-refractivity contribution in [3.63, 3.8) is 0 Å². The van der Waals surface area contributed by atoms with E-state index in [1.807, 2.05) is 30.3 Å². The number of halogens is 2. The molecule has 4 nitrogen and oxygen atoms in total. The van der Waals surface area contributed by atoms with Crippen molar-refractivity contribution in [3.8, 4) is 0 Å². The Hall–Kier alpha value is -2.67. The second-order valence-electron chi connectivity index (χ2n) is 6.04. The van der Waals surface area contributed by atoms with Crippen LogP contribution in [0, 0.1) is 0 Å². The molecule has 2 amide bonds. The van der Waals surface area contributed by atoms with E-state index >= 15 is 0 Å². The highest BCUT2D eigenvalue weighted by atomic mass is 32.2. The van der Waals surface area contributed by atoms with Gasteiger partial charge in [0.2, 0.25) is 11.8 Å². The Morgan fingerprint density at radius 1 is 1.15 bits per heavy atom. The van der Waals surface area contributed by atoms with Crippen LogP contribution in [0.25, 0.3) is 6.08 Å². The minimum absolute atomic E-state index is 0.0917. The molecule has 0 spiro atoms. The fourth-order valence-corrected chi connectivity index (χ4v) is 3.52. The molecule has 1 atom stereocenters. The van der Waals surface area contributed by atoms with Gasteiger partial charge in [0.1, 0.15) is 0 Å². The number of hydrogen-bond donors (Lipinski definition) is 1. The molecular weight excluding hydrogens is 370 g/mol. The zero-order valence-electron chi connectivity index (χ0n) is 14.6. The number of carbonyl (C=O) groups excluding carboxylic acids is 2. The molecule has 3 rings (SSSR count). The number of anilines is 1. The second-order valence-corrected chi connectivity index (χ2v) is 7.11. The van der Waals surface area contributed by atoms with Gasteiger partial charge in [-0.15, -0.1) is 0 Å². The third kappa shape index (κ3) is 4.74. The summed E-state index contributed by atoms with van der Waals surface area (Å²) in [6.07, 6.45) is 3.64. The quantitative estimate of drug-likeness (QED) is 0.741. The van der Waals surface area contributed by atoms with Gasteiger partial charge in [-0.25, -0.2) is 0 Å². The summed E-state index contributed by atoms with van der Waals surface area (Å²) in [7, 11) is 0. The van der Waals surface area contributed by atoms with E-state index in [0.717, 1.165) is 11.1 Å². The molecule has 2 aromatic rings. The lowest BCUT2D eigenvalue weighted by molar-refractivity contribution is -0.129. The third-order valence-electron chi connectivity index (χ3n) is 4.21. The van der Waals surface area contributed by atoms with Crippen LogP contribution in [0.3, 0.4) is 0 Å². The fourth-order valence-electron chi connectivity index (χ4n) is 3.02. The maximum atomic E-state index is 12.5. The van der Waals surface area contributed by atoms with Gasteiger partial charge in [0, 0.05) is 23.7 Å². The molecule has 1 heterocycles. The van der Waals surface area contributed by atoms with E-state index in [0.29, 0.717) is 22.3 Å². The highest BCUT2D eigenvalue weighted by Crippen LogP contribution is 2.33. The minimum atomic E-state index is -2.48. The smallest absolute Gasteiger partial charge is 0.288 e. The first-order valence-corrected chi connectivity index (χ1v) is 9.23. The Bertz CT molecular complexity index is 869. The van der Waals surface area contributed by atoms with Gasteiger partial charge in [-0.2, -0.15) is 8.78 Å². The molecular formula is C20H18F2N2O2S. The topological polar surface area (TPSA) is 49.4 Å². The van der Waals surface area contributed by atoms with Crippen LogP contribution in [-0.2, 0) is 9.59 Å². The van der Waals surface area contributed by atoms with Crippen LogP contribution >= 0.6 is 11.8 Å². The first-order valence-electron chi connectivity index (χ1n) is 8.35. The molecule has 1 aliphatic heterocycles. The van der Waals surface area contributed by atoms with Crippen molar-refractivity contribution in [2.75, 3.05) is 5.32 Å². The average Bonchev–Trinajstić information content (AvgIpc) is 2.63. The van der Waals surface area contributed by atoms with Gasteiger partial charge in [-0.3, -0.25) is 9.59 Å². The van der Waals surface area contributed by atoms with Crippen molar-refractivity contribution in [2.24, 2.45) is 0 Å². The molecule has 1 N–H and O–H groups in total. The number of fused-ring (bicyclic) bond motifs is 1. The van der Waals surface area contributed by atoms with Crippen LogP contribution in [0.15, 0.2) is 59.6 Å².